The van der Waals surface area contributed by atoms with Crippen molar-refractivity contribution >= 4 is 27.5 Å². The number of imidazole rings is 1. The van der Waals surface area contributed by atoms with Crippen molar-refractivity contribution in [2.24, 2.45) is 0 Å². The van der Waals surface area contributed by atoms with E-state index in [0.29, 0.717) is 12.5 Å². The van der Waals surface area contributed by atoms with E-state index in [2.05, 4.69) is 53.6 Å². The van der Waals surface area contributed by atoms with Crippen LogP contribution in [-0.2, 0) is 6.54 Å². The lowest BCUT2D eigenvalue weighted by Gasteiger charge is -2.01. The summed E-state index contributed by atoms with van der Waals surface area (Å²) in [7, 11) is 0. The summed E-state index contributed by atoms with van der Waals surface area (Å²) in [6.45, 7) is 2.66. The van der Waals surface area contributed by atoms with Gasteiger partial charge in [-0.15, -0.1) is 0 Å². The molecule has 0 radical (unpaired) electrons. The summed E-state index contributed by atoms with van der Waals surface area (Å²) in [6, 6.07) is 6.06. The first-order valence-corrected chi connectivity index (χ1v) is 6.67. The van der Waals surface area contributed by atoms with E-state index in [1.54, 1.807) is 12.4 Å². The zero-order valence-corrected chi connectivity index (χ0v) is 11.9. The average Bonchev–Trinajstić information content (AvgIpc) is 2.83. The van der Waals surface area contributed by atoms with Crippen molar-refractivity contribution in [3.8, 4) is 0 Å². The molecule has 6 heteroatoms. The molecular weight excluding hydrogens is 306 g/mol. The Hall–Kier alpha value is -1.95. The van der Waals surface area contributed by atoms with Gasteiger partial charge in [-0.25, -0.2) is 15.0 Å². The van der Waals surface area contributed by atoms with Crippen molar-refractivity contribution in [2.75, 3.05) is 5.32 Å². The lowest BCUT2D eigenvalue weighted by molar-refractivity contribution is 1.01. The van der Waals surface area contributed by atoms with Gasteiger partial charge < -0.3 is 9.72 Å². The number of fused-ring (bicyclic) bond motifs is 1. The molecule has 3 rings (SSSR count). The first-order chi connectivity index (χ1) is 9.22. The van der Waals surface area contributed by atoms with Crippen LogP contribution < -0.4 is 5.32 Å². The van der Waals surface area contributed by atoms with Crippen LogP contribution in [0.25, 0.3) is 5.65 Å². The van der Waals surface area contributed by atoms with E-state index in [1.807, 2.05) is 18.3 Å². The number of nitrogens with zero attached hydrogens (tertiary/aromatic N) is 4. The maximum Gasteiger partial charge on any atom is 0.222 e. The fourth-order valence-electron chi connectivity index (χ4n) is 1.86. The minimum atomic E-state index is 0.594. The molecule has 0 saturated heterocycles. The van der Waals surface area contributed by atoms with Gasteiger partial charge in [-0.3, -0.25) is 0 Å². The third-order valence-electron chi connectivity index (χ3n) is 2.79. The van der Waals surface area contributed by atoms with Gasteiger partial charge in [0.1, 0.15) is 5.65 Å². The Morgan fingerprint density at radius 3 is 2.79 bits per heavy atom. The highest BCUT2D eigenvalue weighted by Gasteiger charge is 2.03. The number of aromatic nitrogens is 4. The predicted octanol–water partition coefficient (Wildman–Crippen LogP) is 2.81. The fourth-order valence-corrected chi connectivity index (χ4v) is 2.06. The molecule has 3 heterocycles. The minimum Gasteiger partial charge on any atom is -0.349 e. The maximum atomic E-state index is 4.54. The van der Waals surface area contributed by atoms with Crippen LogP contribution in [0.4, 0.5) is 5.95 Å². The standard InChI is InChI=1S/C13H12BrN5/c1-9-3-2-4-12-18-11(8-19(9)12)7-17-13-15-5-10(14)6-16-13/h2-6,8H,7H2,1H3,(H,15,16,17). The van der Waals surface area contributed by atoms with Crippen molar-refractivity contribution < 1.29 is 0 Å². The van der Waals surface area contributed by atoms with Crippen LogP contribution in [0.15, 0.2) is 41.3 Å². The zero-order valence-electron chi connectivity index (χ0n) is 10.3. The van der Waals surface area contributed by atoms with Crippen LogP contribution in [0.3, 0.4) is 0 Å². The smallest absolute Gasteiger partial charge is 0.222 e. The monoisotopic (exact) mass is 317 g/mol. The van der Waals surface area contributed by atoms with Crippen LogP contribution in [-0.4, -0.2) is 19.4 Å². The van der Waals surface area contributed by atoms with Crippen molar-refractivity contribution in [1.82, 2.24) is 19.4 Å². The third kappa shape index (κ3) is 2.58. The van der Waals surface area contributed by atoms with Crippen molar-refractivity contribution in [2.45, 2.75) is 13.5 Å². The molecule has 3 aromatic heterocycles. The van der Waals surface area contributed by atoms with Crippen LogP contribution in [0.5, 0.6) is 0 Å². The topological polar surface area (TPSA) is 55.1 Å². The lowest BCUT2D eigenvalue weighted by Crippen LogP contribution is -2.03. The Morgan fingerprint density at radius 1 is 1.26 bits per heavy atom. The lowest BCUT2D eigenvalue weighted by atomic mass is 10.4. The van der Waals surface area contributed by atoms with Gasteiger partial charge in [-0.2, -0.15) is 0 Å². The second-order valence-corrected chi connectivity index (χ2v) is 5.12. The first kappa shape index (κ1) is 12.1. The number of rotatable bonds is 3. The average molecular weight is 318 g/mol. The zero-order chi connectivity index (χ0) is 13.2. The molecule has 0 aliphatic carbocycles. The fraction of sp³-hybridized carbons (Fsp3) is 0.154. The summed E-state index contributed by atoms with van der Waals surface area (Å²) in [4.78, 5) is 12.9. The van der Waals surface area contributed by atoms with Crippen molar-refractivity contribution in [3.63, 3.8) is 0 Å². The van der Waals surface area contributed by atoms with E-state index in [-0.39, 0.29) is 0 Å². The molecule has 0 aromatic carbocycles. The van der Waals surface area contributed by atoms with Crippen molar-refractivity contribution in [1.29, 1.82) is 0 Å². The number of hydrogen-bond donors (Lipinski definition) is 1. The Balaban J connectivity index is 1.78. The van der Waals surface area contributed by atoms with E-state index in [4.69, 9.17) is 0 Å². The Bertz CT molecular complexity index is 705. The summed E-state index contributed by atoms with van der Waals surface area (Å²) in [5.41, 5.74) is 3.07. The molecular formula is C13H12BrN5. The second-order valence-electron chi connectivity index (χ2n) is 4.21. The summed E-state index contributed by atoms with van der Waals surface area (Å²) >= 11 is 3.30. The molecule has 0 bridgehead atoms. The molecule has 0 atom stereocenters. The molecule has 0 aliphatic rings. The van der Waals surface area contributed by atoms with Gasteiger partial charge in [0, 0.05) is 24.3 Å². The predicted molar refractivity (Wildman–Crippen MR) is 77.0 cm³/mol. The number of halogens is 1. The molecule has 0 amide bonds. The molecule has 0 aliphatic heterocycles. The summed E-state index contributed by atoms with van der Waals surface area (Å²) in [5.74, 6) is 0.594. The van der Waals surface area contributed by atoms with E-state index in [9.17, 15) is 0 Å². The highest BCUT2D eigenvalue weighted by molar-refractivity contribution is 9.10. The molecule has 0 spiro atoms. The van der Waals surface area contributed by atoms with Crippen LogP contribution in [0.2, 0.25) is 0 Å². The van der Waals surface area contributed by atoms with Crippen LogP contribution in [0.1, 0.15) is 11.4 Å². The molecule has 19 heavy (non-hydrogen) atoms. The second kappa shape index (κ2) is 4.97. The van der Waals surface area contributed by atoms with Gasteiger partial charge >= 0.3 is 0 Å². The van der Waals surface area contributed by atoms with E-state index < -0.39 is 0 Å². The highest BCUT2D eigenvalue weighted by atomic mass is 79.9. The number of nitrogens with one attached hydrogen (secondary N) is 1. The molecule has 0 unspecified atom stereocenters. The maximum absolute atomic E-state index is 4.54. The Morgan fingerprint density at radius 2 is 2.05 bits per heavy atom. The Kier molecular flexibility index (Phi) is 3.16. The van der Waals surface area contributed by atoms with E-state index in [0.717, 1.165) is 21.5 Å². The van der Waals surface area contributed by atoms with E-state index in [1.165, 1.54) is 0 Å². The molecule has 96 valence electrons. The van der Waals surface area contributed by atoms with Gasteiger partial charge in [-0.05, 0) is 35.0 Å². The SMILES string of the molecule is Cc1cccc2nc(CNc3ncc(Br)cn3)cn12. The number of pyridine rings is 1. The summed E-state index contributed by atoms with van der Waals surface area (Å²) in [5, 5.41) is 3.15. The first-order valence-electron chi connectivity index (χ1n) is 5.87. The van der Waals surface area contributed by atoms with Gasteiger partial charge in [0.2, 0.25) is 5.95 Å². The number of anilines is 1. The normalized spacial score (nSPS) is 10.8. The molecule has 1 N–H and O–H groups in total. The van der Waals surface area contributed by atoms with Gasteiger partial charge in [0.15, 0.2) is 0 Å². The third-order valence-corrected chi connectivity index (χ3v) is 3.20. The van der Waals surface area contributed by atoms with E-state index >= 15 is 0 Å². The molecule has 5 nitrogen and oxygen atoms in total. The number of hydrogen-bond acceptors (Lipinski definition) is 4. The minimum absolute atomic E-state index is 0.594. The van der Waals surface area contributed by atoms with Gasteiger partial charge in [-0.1, -0.05) is 6.07 Å². The summed E-state index contributed by atoms with van der Waals surface area (Å²) < 4.78 is 2.93. The Labute approximate surface area is 118 Å². The molecule has 3 aromatic rings. The van der Waals surface area contributed by atoms with Gasteiger partial charge in [0.25, 0.3) is 0 Å². The quantitative estimate of drug-likeness (QED) is 0.807. The van der Waals surface area contributed by atoms with Crippen LogP contribution in [0, 0.1) is 6.92 Å². The molecule has 0 saturated carbocycles. The van der Waals surface area contributed by atoms with Crippen molar-refractivity contribution in [3.05, 3.63) is 52.7 Å². The van der Waals surface area contributed by atoms with Gasteiger partial charge in [0.05, 0.1) is 16.7 Å². The molecule has 0 fully saturated rings. The largest absolute Gasteiger partial charge is 0.349 e. The highest BCUT2D eigenvalue weighted by Crippen LogP contribution is 2.10. The summed E-state index contributed by atoms with van der Waals surface area (Å²) in [6.07, 6.45) is 5.45. The number of aryl methyl sites for hydroxylation is 1. The van der Waals surface area contributed by atoms with Crippen LogP contribution >= 0.6 is 15.9 Å².